The highest BCUT2D eigenvalue weighted by Gasteiger charge is 2.10. The number of nitrogens with one attached hydrogen (secondary N) is 2. The number of ether oxygens (including phenoxy) is 2. The van der Waals surface area contributed by atoms with Crippen LogP contribution in [0.25, 0.3) is 0 Å². The Morgan fingerprint density at radius 2 is 1.83 bits per heavy atom. The molecule has 0 radical (unpaired) electrons. The van der Waals surface area contributed by atoms with Crippen LogP contribution in [0.15, 0.2) is 47.6 Å². The predicted octanol–water partition coefficient (Wildman–Crippen LogP) is 1.77. The van der Waals surface area contributed by atoms with E-state index < -0.39 is 16.7 Å². The summed E-state index contributed by atoms with van der Waals surface area (Å²) in [6.07, 6.45) is 1.36. The molecule has 29 heavy (non-hydrogen) atoms. The highest BCUT2D eigenvalue weighted by Crippen LogP contribution is 2.29. The summed E-state index contributed by atoms with van der Waals surface area (Å²) in [4.78, 5) is 32.7. The smallest absolute Gasteiger partial charge is 0.329 e. The van der Waals surface area contributed by atoms with Gasteiger partial charge < -0.3 is 14.8 Å². The number of hydrazone groups is 1. The van der Waals surface area contributed by atoms with Gasteiger partial charge in [-0.05, 0) is 48.4 Å². The number of hydrogen-bond acceptors (Lipinski definition) is 7. The largest absolute Gasteiger partial charge is 0.490 e. The summed E-state index contributed by atoms with van der Waals surface area (Å²) in [5, 5.41) is 16.6. The van der Waals surface area contributed by atoms with Crippen LogP contribution in [-0.2, 0) is 16.2 Å². The number of likely N-dealkylation sites (N-methyl/N-ethyl adjacent to an activating group) is 1. The van der Waals surface area contributed by atoms with E-state index in [0.717, 1.165) is 5.56 Å². The fourth-order valence-corrected chi connectivity index (χ4v) is 2.20. The highest BCUT2D eigenvalue weighted by molar-refractivity contribution is 6.34. The number of nitro benzene ring substituents is 1. The minimum absolute atomic E-state index is 0.0101. The molecule has 10 nitrogen and oxygen atoms in total. The molecule has 0 aliphatic carbocycles. The molecule has 2 N–H and O–H groups in total. The van der Waals surface area contributed by atoms with E-state index in [1.165, 1.54) is 25.4 Å². The normalized spacial score (nSPS) is 10.4. The molecule has 10 heteroatoms. The summed E-state index contributed by atoms with van der Waals surface area (Å²) < 4.78 is 11.3. The number of nitrogens with zero attached hydrogens (tertiary/aromatic N) is 2. The summed E-state index contributed by atoms with van der Waals surface area (Å²) in [7, 11) is 1.34. The maximum Gasteiger partial charge on any atom is 0.329 e. The molecule has 0 aromatic heterocycles. The Labute approximate surface area is 166 Å². The second-order valence-electron chi connectivity index (χ2n) is 5.63. The van der Waals surface area contributed by atoms with E-state index in [0.29, 0.717) is 23.7 Å². The summed E-state index contributed by atoms with van der Waals surface area (Å²) in [6, 6.07) is 11.1. The first kappa shape index (κ1) is 21.4. The van der Waals surface area contributed by atoms with Gasteiger partial charge in [0.2, 0.25) is 0 Å². The maximum absolute atomic E-state index is 11.3. The lowest BCUT2D eigenvalue weighted by atomic mass is 10.2. The van der Waals surface area contributed by atoms with Crippen molar-refractivity contribution in [3.63, 3.8) is 0 Å². The van der Waals surface area contributed by atoms with Crippen LogP contribution in [-0.4, -0.2) is 36.6 Å². The molecule has 2 aromatic carbocycles. The van der Waals surface area contributed by atoms with Gasteiger partial charge in [-0.25, -0.2) is 5.43 Å². The number of rotatable bonds is 8. The van der Waals surface area contributed by atoms with Crippen molar-refractivity contribution in [1.29, 1.82) is 0 Å². The Kier molecular flexibility index (Phi) is 7.66. The number of benzene rings is 2. The third-order valence-corrected chi connectivity index (χ3v) is 3.62. The van der Waals surface area contributed by atoms with E-state index >= 15 is 0 Å². The molecule has 2 rings (SSSR count). The SMILES string of the molecule is CCOc1cc(/C=N\NC(=O)C(=O)NC)ccc1OCc1ccc([N+](=O)[O-])cc1. The number of carbonyl (C=O) groups excluding carboxylic acids is 2. The highest BCUT2D eigenvalue weighted by atomic mass is 16.6. The lowest BCUT2D eigenvalue weighted by Gasteiger charge is -2.12. The first-order valence-electron chi connectivity index (χ1n) is 8.62. The minimum atomic E-state index is -0.878. The van der Waals surface area contributed by atoms with Crippen molar-refractivity contribution in [3.8, 4) is 11.5 Å². The molecule has 0 saturated carbocycles. The van der Waals surface area contributed by atoms with Crippen molar-refractivity contribution in [1.82, 2.24) is 10.7 Å². The van der Waals surface area contributed by atoms with Crippen molar-refractivity contribution in [2.24, 2.45) is 5.10 Å². The molecule has 0 aliphatic rings. The van der Waals surface area contributed by atoms with Crippen molar-refractivity contribution in [2.45, 2.75) is 13.5 Å². The van der Waals surface area contributed by atoms with Crippen LogP contribution in [0.1, 0.15) is 18.1 Å². The molecule has 0 heterocycles. The quantitative estimate of drug-likeness (QED) is 0.300. The van der Waals surface area contributed by atoms with Gasteiger partial charge in [-0.3, -0.25) is 19.7 Å². The van der Waals surface area contributed by atoms with E-state index in [2.05, 4.69) is 15.8 Å². The number of non-ortho nitro benzene ring substituents is 1. The fourth-order valence-electron chi connectivity index (χ4n) is 2.20. The molecule has 2 aromatic rings. The van der Waals surface area contributed by atoms with Gasteiger partial charge in [0.25, 0.3) is 5.69 Å². The van der Waals surface area contributed by atoms with E-state index in [1.54, 1.807) is 30.3 Å². The van der Waals surface area contributed by atoms with E-state index in [4.69, 9.17) is 9.47 Å². The van der Waals surface area contributed by atoms with Crippen LogP contribution in [0.2, 0.25) is 0 Å². The van der Waals surface area contributed by atoms with Gasteiger partial charge in [0, 0.05) is 19.2 Å². The number of nitro groups is 1. The molecule has 152 valence electrons. The first-order valence-corrected chi connectivity index (χ1v) is 8.62. The van der Waals surface area contributed by atoms with Crippen LogP contribution in [0, 0.1) is 10.1 Å². The fraction of sp³-hybridized carbons (Fsp3) is 0.211. The zero-order valence-corrected chi connectivity index (χ0v) is 15.9. The van der Waals surface area contributed by atoms with Crippen LogP contribution in [0.4, 0.5) is 5.69 Å². The van der Waals surface area contributed by atoms with Gasteiger partial charge in [0.1, 0.15) is 6.61 Å². The third-order valence-electron chi connectivity index (χ3n) is 3.62. The second kappa shape index (κ2) is 10.4. The Bertz CT molecular complexity index is 911. The van der Waals surface area contributed by atoms with Gasteiger partial charge in [-0.2, -0.15) is 5.10 Å². The molecule has 0 bridgehead atoms. The van der Waals surface area contributed by atoms with Crippen LogP contribution in [0.5, 0.6) is 11.5 Å². The molecule has 2 amide bonds. The van der Waals surface area contributed by atoms with Crippen LogP contribution < -0.4 is 20.2 Å². The molecule has 0 atom stereocenters. The van der Waals surface area contributed by atoms with Crippen LogP contribution >= 0.6 is 0 Å². The number of carbonyl (C=O) groups is 2. The van der Waals surface area contributed by atoms with Gasteiger partial charge in [0.15, 0.2) is 11.5 Å². The summed E-state index contributed by atoms with van der Waals surface area (Å²) in [5.41, 5.74) is 3.50. The Balaban J connectivity index is 2.05. The van der Waals surface area contributed by atoms with Gasteiger partial charge in [-0.1, -0.05) is 0 Å². The summed E-state index contributed by atoms with van der Waals surface area (Å²) in [6.45, 7) is 2.43. The predicted molar refractivity (Wildman–Crippen MR) is 105 cm³/mol. The zero-order chi connectivity index (χ0) is 21.2. The van der Waals surface area contributed by atoms with Gasteiger partial charge in [-0.15, -0.1) is 0 Å². The average molecular weight is 400 g/mol. The first-order chi connectivity index (χ1) is 13.9. The molecule has 0 saturated heterocycles. The van der Waals surface area contributed by atoms with Crippen molar-refractivity contribution in [3.05, 3.63) is 63.7 Å². The average Bonchev–Trinajstić information content (AvgIpc) is 2.73. The lowest BCUT2D eigenvalue weighted by Crippen LogP contribution is -2.35. The third kappa shape index (κ3) is 6.31. The molecule has 0 aliphatic heterocycles. The van der Waals surface area contributed by atoms with Gasteiger partial charge >= 0.3 is 11.8 Å². The Morgan fingerprint density at radius 1 is 1.10 bits per heavy atom. The minimum Gasteiger partial charge on any atom is -0.490 e. The summed E-state index contributed by atoms with van der Waals surface area (Å²) >= 11 is 0. The van der Waals surface area contributed by atoms with Crippen molar-refractivity contribution >= 4 is 23.7 Å². The molecular formula is C19H20N4O6. The van der Waals surface area contributed by atoms with E-state index in [9.17, 15) is 19.7 Å². The molecule has 0 fully saturated rings. The Morgan fingerprint density at radius 3 is 2.45 bits per heavy atom. The Hall–Kier alpha value is -3.95. The van der Waals surface area contributed by atoms with E-state index in [1.807, 2.05) is 6.92 Å². The maximum atomic E-state index is 11.3. The molecule has 0 unspecified atom stereocenters. The molecule has 0 spiro atoms. The number of hydrogen-bond donors (Lipinski definition) is 2. The molecular weight excluding hydrogens is 380 g/mol. The lowest BCUT2D eigenvalue weighted by molar-refractivity contribution is -0.384. The van der Waals surface area contributed by atoms with Crippen molar-refractivity contribution < 1.29 is 24.0 Å². The standard InChI is InChI=1S/C19H20N4O6/c1-3-28-17-10-14(11-21-22-19(25)18(24)20-2)6-9-16(17)29-12-13-4-7-15(8-5-13)23(26)27/h4-11H,3,12H2,1-2H3,(H,20,24)(H,22,25)/b21-11-. The van der Waals surface area contributed by atoms with E-state index in [-0.39, 0.29) is 12.3 Å². The van der Waals surface area contributed by atoms with Gasteiger partial charge in [0.05, 0.1) is 17.7 Å². The summed E-state index contributed by atoms with van der Waals surface area (Å²) in [5.74, 6) is -0.725. The van der Waals surface area contributed by atoms with Crippen LogP contribution in [0.3, 0.4) is 0 Å². The topological polar surface area (TPSA) is 132 Å². The number of amides is 2. The monoisotopic (exact) mass is 400 g/mol. The second-order valence-corrected chi connectivity index (χ2v) is 5.63. The van der Waals surface area contributed by atoms with Crippen molar-refractivity contribution in [2.75, 3.05) is 13.7 Å². The zero-order valence-electron chi connectivity index (χ0n) is 15.9.